The first-order valence-electron chi connectivity index (χ1n) is 4.42. The molecule has 15 heavy (non-hydrogen) atoms. The summed E-state index contributed by atoms with van der Waals surface area (Å²) in [6.45, 7) is 0.476. The summed E-state index contributed by atoms with van der Waals surface area (Å²) in [5.41, 5.74) is 8.40. The topological polar surface area (TPSA) is 69.6 Å². The lowest BCUT2D eigenvalue weighted by atomic mass is 10.1. The van der Waals surface area contributed by atoms with Gasteiger partial charge in [-0.3, -0.25) is 4.98 Å². The van der Waals surface area contributed by atoms with Gasteiger partial charge >= 0.3 is 0 Å². The first-order chi connectivity index (χ1) is 7.22. The van der Waals surface area contributed by atoms with Crippen molar-refractivity contribution in [2.75, 3.05) is 0 Å². The van der Waals surface area contributed by atoms with Gasteiger partial charge in [0.1, 0.15) is 5.69 Å². The van der Waals surface area contributed by atoms with Crippen molar-refractivity contribution >= 4 is 15.9 Å². The second-order valence-corrected chi connectivity index (χ2v) is 3.89. The highest BCUT2D eigenvalue weighted by Crippen LogP contribution is 2.25. The molecule has 2 aromatic heterocycles. The highest BCUT2D eigenvalue weighted by Gasteiger charge is 2.10. The number of nitrogens with zero attached hydrogens (tertiary/aromatic N) is 4. The van der Waals surface area contributed by atoms with Crippen molar-refractivity contribution < 1.29 is 0 Å². The average Bonchev–Trinajstić information content (AvgIpc) is 2.59. The molecule has 0 radical (unpaired) electrons. The van der Waals surface area contributed by atoms with E-state index in [-0.39, 0.29) is 0 Å². The monoisotopic (exact) mass is 267 g/mol. The van der Waals surface area contributed by atoms with E-state index in [4.69, 9.17) is 5.73 Å². The molecule has 2 N–H and O–H groups in total. The van der Waals surface area contributed by atoms with E-state index in [0.717, 1.165) is 16.8 Å². The minimum absolute atomic E-state index is 0.476. The van der Waals surface area contributed by atoms with Crippen LogP contribution < -0.4 is 5.73 Å². The summed E-state index contributed by atoms with van der Waals surface area (Å²) in [6.07, 6.45) is 3.52. The molecular formula is C9H10BrN5. The molecule has 0 bridgehead atoms. The fourth-order valence-corrected chi connectivity index (χ4v) is 1.92. The van der Waals surface area contributed by atoms with Crippen molar-refractivity contribution in [1.29, 1.82) is 0 Å². The molecule has 2 aromatic rings. The first kappa shape index (κ1) is 10.3. The lowest BCUT2D eigenvalue weighted by Crippen LogP contribution is -1.99. The van der Waals surface area contributed by atoms with Crippen molar-refractivity contribution in [3.8, 4) is 11.3 Å². The first-order valence-corrected chi connectivity index (χ1v) is 5.21. The summed E-state index contributed by atoms with van der Waals surface area (Å²) in [5, 5.41) is 7.83. The number of aryl methyl sites for hydroxylation is 1. The highest BCUT2D eigenvalue weighted by molar-refractivity contribution is 9.10. The maximum absolute atomic E-state index is 5.56. The molecule has 0 unspecified atom stereocenters. The van der Waals surface area contributed by atoms with E-state index < -0.39 is 0 Å². The van der Waals surface area contributed by atoms with Crippen LogP contribution in [0.3, 0.4) is 0 Å². The Morgan fingerprint density at radius 3 is 2.87 bits per heavy atom. The molecule has 2 heterocycles. The zero-order valence-corrected chi connectivity index (χ0v) is 9.77. The van der Waals surface area contributed by atoms with Gasteiger partial charge in [0.25, 0.3) is 0 Å². The summed E-state index contributed by atoms with van der Waals surface area (Å²) in [4.78, 5) is 4.12. The third-order valence-electron chi connectivity index (χ3n) is 2.09. The number of hydrogen-bond donors (Lipinski definition) is 1. The van der Waals surface area contributed by atoms with Crippen LogP contribution in [0, 0.1) is 0 Å². The van der Waals surface area contributed by atoms with Gasteiger partial charge in [-0.2, -0.15) is 0 Å². The Bertz CT molecular complexity index is 460. The molecule has 0 aliphatic rings. The second kappa shape index (κ2) is 4.08. The Hall–Kier alpha value is -1.27. The van der Waals surface area contributed by atoms with Crippen molar-refractivity contribution in [2.24, 2.45) is 12.8 Å². The second-order valence-electron chi connectivity index (χ2n) is 3.14. The zero-order chi connectivity index (χ0) is 10.8. The number of nitrogens with two attached hydrogens (primary N) is 1. The van der Waals surface area contributed by atoms with E-state index >= 15 is 0 Å². The van der Waals surface area contributed by atoms with Crippen LogP contribution in [0.1, 0.15) is 5.56 Å². The molecule has 5 nitrogen and oxygen atoms in total. The minimum atomic E-state index is 0.476. The third-order valence-corrected chi connectivity index (χ3v) is 2.62. The van der Waals surface area contributed by atoms with Crippen LogP contribution in [0.25, 0.3) is 11.3 Å². The predicted octanol–water partition coefficient (Wildman–Crippen LogP) is 1.10. The molecule has 0 saturated heterocycles. The molecule has 0 aliphatic carbocycles. The van der Waals surface area contributed by atoms with Gasteiger partial charge in [-0.05, 0) is 27.6 Å². The molecule has 6 heteroatoms. The van der Waals surface area contributed by atoms with Crippen molar-refractivity contribution in [2.45, 2.75) is 6.54 Å². The molecule has 0 fully saturated rings. The van der Waals surface area contributed by atoms with Crippen LogP contribution in [-0.2, 0) is 13.6 Å². The normalized spacial score (nSPS) is 10.6. The predicted molar refractivity (Wildman–Crippen MR) is 59.8 cm³/mol. The van der Waals surface area contributed by atoms with Gasteiger partial charge in [0, 0.05) is 31.5 Å². The Balaban J connectivity index is 2.53. The van der Waals surface area contributed by atoms with Gasteiger partial charge in [0.15, 0.2) is 4.60 Å². The maximum atomic E-state index is 5.56. The Morgan fingerprint density at radius 2 is 2.27 bits per heavy atom. The van der Waals surface area contributed by atoms with Crippen molar-refractivity contribution in [1.82, 2.24) is 20.0 Å². The van der Waals surface area contributed by atoms with Crippen LogP contribution in [0.2, 0.25) is 0 Å². The summed E-state index contributed by atoms with van der Waals surface area (Å²) in [6, 6.07) is 1.98. The van der Waals surface area contributed by atoms with Crippen LogP contribution in [0.15, 0.2) is 23.1 Å². The largest absolute Gasteiger partial charge is 0.326 e. The van der Waals surface area contributed by atoms with Crippen LogP contribution in [0.4, 0.5) is 0 Å². The fourth-order valence-electron chi connectivity index (χ4n) is 1.37. The van der Waals surface area contributed by atoms with E-state index in [0.29, 0.717) is 11.1 Å². The van der Waals surface area contributed by atoms with E-state index in [1.807, 2.05) is 13.1 Å². The minimum Gasteiger partial charge on any atom is -0.326 e. The lowest BCUT2D eigenvalue weighted by molar-refractivity contribution is 0.719. The quantitative estimate of drug-likeness (QED) is 0.885. The van der Waals surface area contributed by atoms with Gasteiger partial charge in [0.2, 0.25) is 0 Å². The van der Waals surface area contributed by atoms with Crippen LogP contribution in [0.5, 0.6) is 0 Å². The molecule has 0 aliphatic heterocycles. The van der Waals surface area contributed by atoms with Gasteiger partial charge in [-0.15, -0.1) is 5.10 Å². The molecular weight excluding hydrogens is 258 g/mol. The molecule has 0 saturated carbocycles. The van der Waals surface area contributed by atoms with E-state index in [1.165, 1.54) is 0 Å². The standard InChI is InChI=1S/C9H10BrN5/c1-15-8(9(10)13-14-15)7-2-6(3-11)4-12-5-7/h2,4-5H,3,11H2,1H3. The Kier molecular flexibility index (Phi) is 2.79. The van der Waals surface area contributed by atoms with Crippen LogP contribution >= 0.6 is 15.9 Å². The lowest BCUT2D eigenvalue weighted by Gasteiger charge is -2.03. The molecule has 0 spiro atoms. The van der Waals surface area contributed by atoms with Crippen molar-refractivity contribution in [3.05, 3.63) is 28.6 Å². The van der Waals surface area contributed by atoms with E-state index in [1.54, 1.807) is 17.1 Å². The number of pyridine rings is 1. The summed E-state index contributed by atoms with van der Waals surface area (Å²) >= 11 is 3.35. The number of aromatic nitrogens is 4. The summed E-state index contributed by atoms with van der Waals surface area (Å²) < 4.78 is 2.41. The van der Waals surface area contributed by atoms with Crippen molar-refractivity contribution in [3.63, 3.8) is 0 Å². The zero-order valence-electron chi connectivity index (χ0n) is 8.18. The van der Waals surface area contributed by atoms with Crippen LogP contribution in [-0.4, -0.2) is 20.0 Å². The molecule has 0 aromatic carbocycles. The molecule has 78 valence electrons. The van der Waals surface area contributed by atoms with Gasteiger partial charge in [0.05, 0.1) is 0 Å². The fraction of sp³-hybridized carbons (Fsp3) is 0.222. The smallest absolute Gasteiger partial charge is 0.156 e. The maximum Gasteiger partial charge on any atom is 0.156 e. The molecule has 2 rings (SSSR count). The molecule has 0 atom stereocenters. The number of halogens is 1. The average molecular weight is 268 g/mol. The van der Waals surface area contributed by atoms with Gasteiger partial charge < -0.3 is 5.73 Å². The van der Waals surface area contributed by atoms with Gasteiger partial charge in [-0.25, -0.2) is 4.68 Å². The van der Waals surface area contributed by atoms with E-state index in [2.05, 4.69) is 31.2 Å². The number of rotatable bonds is 2. The Morgan fingerprint density at radius 1 is 1.47 bits per heavy atom. The molecule has 0 amide bonds. The summed E-state index contributed by atoms with van der Waals surface area (Å²) in [7, 11) is 1.84. The highest BCUT2D eigenvalue weighted by atomic mass is 79.9. The number of hydrogen-bond acceptors (Lipinski definition) is 4. The summed E-state index contributed by atoms with van der Waals surface area (Å²) in [5.74, 6) is 0. The van der Waals surface area contributed by atoms with E-state index in [9.17, 15) is 0 Å². The van der Waals surface area contributed by atoms with Gasteiger partial charge in [-0.1, -0.05) is 5.21 Å². The SMILES string of the molecule is Cn1nnc(Br)c1-c1cncc(CN)c1. The Labute approximate surface area is 95.4 Å². The third kappa shape index (κ3) is 1.91.